The number of hydrogen-bond acceptors (Lipinski definition) is 8. The van der Waals surface area contributed by atoms with Crippen LogP contribution in [0.15, 0.2) is 156 Å². The highest BCUT2D eigenvalue weighted by Crippen LogP contribution is 2.35. The Morgan fingerprint density at radius 1 is 0.583 bits per heavy atom. The Kier molecular flexibility index (Phi) is 9.94. The first-order valence-corrected chi connectivity index (χ1v) is 19.7. The Bertz CT molecular complexity index is 3280. The first-order chi connectivity index (χ1) is 29.2. The maximum Gasteiger partial charge on any atom is 0.266 e. The number of anilines is 2. The summed E-state index contributed by atoms with van der Waals surface area (Å²) in [7, 11) is 4.06. The number of H-pyrrole nitrogens is 2. The molecule has 0 saturated heterocycles. The molecule has 0 aliphatic heterocycles. The monoisotopic (exact) mass is 790 g/mol. The van der Waals surface area contributed by atoms with Gasteiger partial charge in [0, 0.05) is 84.8 Å². The number of benzene rings is 4. The van der Waals surface area contributed by atoms with Gasteiger partial charge in [0.1, 0.15) is 0 Å². The number of nitrogens with zero attached hydrogens (tertiary/aromatic N) is 6. The lowest BCUT2D eigenvalue weighted by atomic mass is 10.0. The van der Waals surface area contributed by atoms with Crippen LogP contribution >= 0.6 is 0 Å². The number of pyridine rings is 2. The molecule has 0 fully saturated rings. The van der Waals surface area contributed by atoms with Crippen LogP contribution in [0, 0.1) is 0 Å². The highest BCUT2D eigenvalue weighted by molar-refractivity contribution is 5.98. The summed E-state index contributed by atoms with van der Waals surface area (Å²) in [6.45, 7) is 4.18. The average molecular weight is 791 g/mol. The molecule has 0 saturated carbocycles. The summed E-state index contributed by atoms with van der Waals surface area (Å²) < 4.78 is 4.19. The van der Waals surface area contributed by atoms with Gasteiger partial charge in [-0.15, -0.1) is 0 Å². The predicted octanol–water partition coefficient (Wildman–Crippen LogP) is 9.30. The van der Waals surface area contributed by atoms with Gasteiger partial charge in [-0.05, 0) is 108 Å². The van der Waals surface area contributed by atoms with Gasteiger partial charge < -0.3 is 29.7 Å². The number of rotatable bonds is 8. The normalized spacial score (nSPS) is 12.3. The average Bonchev–Trinajstić information content (AvgIpc) is 3.84. The van der Waals surface area contributed by atoms with E-state index in [0.717, 1.165) is 72.3 Å². The van der Waals surface area contributed by atoms with Crippen molar-refractivity contribution in [2.45, 2.75) is 25.9 Å². The van der Waals surface area contributed by atoms with E-state index in [0.29, 0.717) is 5.52 Å². The van der Waals surface area contributed by atoms with E-state index in [-0.39, 0.29) is 23.2 Å². The zero-order valence-electron chi connectivity index (χ0n) is 33.5. The molecule has 6 heterocycles. The van der Waals surface area contributed by atoms with Crippen molar-refractivity contribution in [1.82, 2.24) is 39.0 Å². The molecule has 2 atom stereocenters. The molecule has 2 unspecified atom stereocenters. The maximum absolute atomic E-state index is 12.0. The summed E-state index contributed by atoms with van der Waals surface area (Å²) in [4.78, 5) is 47.0. The van der Waals surface area contributed by atoms with Crippen molar-refractivity contribution in [3.63, 3.8) is 0 Å². The van der Waals surface area contributed by atoms with Gasteiger partial charge in [-0.1, -0.05) is 36.4 Å². The van der Waals surface area contributed by atoms with E-state index in [1.165, 1.54) is 23.2 Å². The van der Waals surface area contributed by atoms with Crippen molar-refractivity contribution in [3.05, 3.63) is 178 Å². The van der Waals surface area contributed by atoms with Crippen molar-refractivity contribution in [2.24, 2.45) is 14.1 Å². The third kappa shape index (κ3) is 7.61. The van der Waals surface area contributed by atoms with E-state index >= 15 is 0 Å². The van der Waals surface area contributed by atoms with Gasteiger partial charge in [-0.25, -0.2) is 9.97 Å². The number of nitrogens with one attached hydrogen (secondary N) is 4. The molecule has 0 radical (unpaired) electrons. The minimum Gasteiger partial charge on any atom is -0.378 e. The zero-order chi connectivity index (χ0) is 41.3. The Labute approximate surface area is 344 Å². The third-order valence-corrected chi connectivity index (χ3v) is 10.9. The van der Waals surface area contributed by atoms with Crippen LogP contribution in [0.25, 0.3) is 66.1 Å². The lowest BCUT2D eigenvalue weighted by Crippen LogP contribution is -2.09. The first-order valence-electron chi connectivity index (χ1n) is 19.7. The van der Waals surface area contributed by atoms with E-state index < -0.39 is 0 Å². The summed E-state index contributed by atoms with van der Waals surface area (Å²) in [6, 6.07) is 33.0. The number of aromatic nitrogens is 8. The smallest absolute Gasteiger partial charge is 0.266 e. The molecular formula is C48H42N10O2. The molecular weight excluding hydrogens is 749 g/mol. The maximum atomic E-state index is 12.0. The Morgan fingerprint density at radius 3 is 1.73 bits per heavy atom. The molecule has 12 heteroatoms. The molecule has 6 aromatic heterocycles. The van der Waals surface area contributed by atoms with Crippen LogP contribution in [0.5, 0.6) is 0 Å². The Balaban J connectivity index is 0.000000154. The van der Waals surface area contributed by atoms with E-state index in [4.69, 9.17) is 0 Å². The summed E-state index contributed by atoms with van der Waals surface area (Å²) in [5.74, 6) is 0. The standard InChI is InChI=1S/2C24H21N5O/c1-15(18-4-3-8-25-13-18)27-19-11-20(24-21(12-19)28-23(30)14-26-24)17-6-5-16-7-9-29(2)22(16)10-17;1-15(18-4-3-8-25-13-18)27-19-11-20(24-21(12-19)26-14-23(30)28-24)17-6-5-16-7-9-29(2)22(16)10-17/h2*3-15,27H,1-2H3,(H,28,30). The van der Waals surface area contributed by atoms with Crippen molar-refractivity contribution in [1.29, 1.82) is 0 Å². The van der Waals surface area contributed by atoms with E-state index in [2.05, 4.69) is 130 Å². The quantitative estimate of drug-likeness (QED) is 0.119. The summed E-state index contributed by atoms with van der Waals surface area (Å²) in [5, 5.41) is 9.43. The molecule has 60 heavy (non-hydrogen) atoms. The van der Waals surface area contributed by atoms with Crippen LogP contribution in [-0.2, 0) is 14.1 Å². The van der Waals surface area contributed by atoms with Gasteiger partial charge in [-0.3, -0.25) is 19.6 Å². The van der Waals surface area contributed by atoms with Gasteiger partial charge in [0.05, 0.1) is 46.5 Å². The molecule has 10 aromatic rings. The highest BCUT2D eigenvalue weighted by Gasteiger charge is 2.15. The molecule has 4 N–H and O–H groups in total. The van der Waals surface area contributed by atoms with E-state index in [1.54, 1.807) is 12.4 Å². The fraction of sp³-hybridized carbons (Fsp3) is 0.125. The van der Waals surface area contributed by atoms with Gasteiger partial charge in [0.15, 0.2) is 0 Å². The first kappa shape index (κ1) is 37.7. The fourth-order valence-electron chi connectivity index (χ4n) is 7.71. The van der Waals surface area contributed by atoms with Gasteiger partial charge in [-0.2, -0.15) is 0 Å². The molecule has 0 aliphatic rings. The largest absolute Gasteiger partial charge is 0.378 e. The number of fused-ring (bicyclic) bond motifs is 4. The van der Waals surface area contributed by atoms with Crippen LogP contribution in [0.1, 0.15) is 37.1 Å². The van der Waals surface area contributed by atoms with Gasteiger partial charge in [0.25, 0.3) is 11.1 Å². The molecule has 0 spiro atoms. The SMILES string of the molecule is CC(Nc1cc(-c2ccc3ccn(C)c3c2)c2[nH]c(=O)cnc2c1)c1cccnc1.CC(Nc1cc(-c2ccc3ccn(C)c3c2)c2ncc(=O)[nH]c2c1)c1cccnc1. The molecule has 10 rings (SSSR count). The Morgan fingerprint density at radius 2 is 1.13 bits per heavy atom. The van der Waals surface area contributed by atoms with Crippen molar-refractivity contribution < 1.29 is 0 Å². The zero-order valence-corrected chi connectivity index (χ0v) is 33.5. The topological polar surface area (TPSA) is 151 Å². The van der Waals surface area contributed by atoms with Crippen LogP contribution in [0.2, 0.25) is 0 Å². The molecule has 0 aliphatic carbocycles. The van der Waals surface area contributed by atoms with Crippen LogP contribution in [0.4, 0.5) is 11.4 Å². The van der Waals surface area contributed by atoms with Gasteiger partial charge in [0.2, 0.25) is 0 Å². The van der Waals surface area contributed by atoms with E-state index in [9.17, 15) is 9.59 Å². The fourth-order valence-corrected chi connectivity index (χ4v) is 7.71. The number of hydrogen-bond donors (Lipinski definition) is 4. The minimum absolute atomic E-state index is 0.0581. The van der Waals surface area contributed by atoms with E-state index in [1.807, 2.05) is 69.1 Å². The summed E-state index contributed by atoms with van der Waals surface area (Å²) in [5.41, 5.74) is 12.8. The van der Waals surface area contributed by atoms with Crippen LogP contribution < -0.4 is 21.8 Å². The Hall–Kier alpha value is -7.86. The van der Waals surface area contributed by atoms with Crippen molar-refractivity contribution in [3.8, 4) is 22.3 Å². The number of aromatic amines is 2. The summed E-state index contributed by atoms with van der Waals surface area (Å²) in [6.07, 6.45) is 14.0. The molecule has 0 bridgehead atoms. The second-order valence-electron chi connectivity index (χ2n) is 15.0. The molecule has 0 amide bonds. The second-order valence-corrected chi connectivity index (χ2v) is 15.0. The minimum atomic E-state index is -0.219. The number of aryl methyl sites for hydroxylation is 2. The highest BCUT2D eigenvalue weighted by atomic mass is 16.1. The van der Waals surface area contributed by atoms with Crippen LogP contribution in [-0.4, -0.2) is 39.0 Å². The predicted molar refractivity (Wildman–Crippen MR) is 241 cm³/mol. The van der Waals surface area contributed by atoms with Gasteiger partial charge >= 0.3 is 0 Å². The van der Waals surface area contributed by atoms with Crippen molar-refractivity contribution >= 4 is 55.2 Å². The summed E-state index contributed by atoms with van der Waals surface area (Å²) >= 11 is 0. The lowest BCUT2D eigenvalue weighted by Gasteiger charge is -2.17. The van der Waals surface area contributed by atoms with Crippen molar-refractivity contribution in [2.75, 3.05) is 10.6 Å². The molecule has 4 aromatic carbocycles. The third-order valence-electron chi connectivity index (χ3n) is 10.9. The second kappa shape index (κ2) is 15.8. The van der Waals surface area contributed by atoms with Crippen LogP contribution in [0.3, 0.4) is 0 Å². The lowest BCUT2D eigenvalue weighted by molar-refractivity contribution is 0.876. The molecule has 12 nitrogen and oxygen atoms in total. The molecule has 296 valence electrons.